The van der Waals surface area contributed by atoms with Crippen molar-refractivity contribution < 1.29 is 19.2 Å². The van der Waals surface area contributed by atoms with Crippen LogP contribution >= 0.6 is 0 Å². The van der Waals surface area contributed by atoms with Crippen LogP contribution in [0.5, 0.6) is 5.75 Å². The van der Waals surface area contributed by atoms with Crippen molar-refractivity contribution in [3.63, 3.8) is 0 Å². The number of nitrogens with one attached hydrogen (secondary N) is 1. The first-order valence-electron chi connectivity index (χ1n) is 9.02. The highest BCUT2D eigenvalue weighted by Gasteiger charge is 2.42. The van der Waals surface area contributed by atoms with Crippen molar-refractivity contribution in [2.45, 2.75) is 18.4 Å². The van der Waals surface area contributed by atoms with E-state index in [-0.39, 0.29) is 34.5 Å². The Hall–Kier alpha value is -3.35. The average Bonchev–Trinajstić information content (AvgIpc) is 3.21. The standard InChI is InChI=1S/C21H20N2O5/c1-27-17-11-10-16(23(25)26)18-14-4-3-5-15(14)19(22-20(17)18)12-6-8-13(9-7-12)21(24)28-2/h3-4,6-11,14-15,19,22H,5H2,1-2H3. The van der Waals surface area contributed by atoms with Crippen LogP contribution in [-0.4, -0.2) is 25.1 Å². The lowest BCUT2D eigenvalue weighted by atomic mass is 9.76. The third kappa shape index (κ3) is 2.79. The first-order chi connectivity index (χ1) is 13.5. The van der Waals surface area contributed by atoms with Gasteiger partial charge in [0.05, 0.1) is 42.0 Å². The molecule has 0 saturated heterocycles. The number of benzene rings is 2. The second kappa shape index (κ2) is 6.99. The molecule has 2 aromatic carbocycles. The van der Waals surface area contributed by atoms with Gasteiger partial charge in [-0.2, -0.15) is 0 Å². The van der Waals surface area contributed by atoms with Gasteiger partial charge in [0.25, 0.3) is 5.69 Å². The summed E-state index contributed by atoms with van der Waals surface area (Å²) in [4.78, 5) is 23.0. The second-order valence-electron chi connectivity index (χ2n) is 6.92. The molecule has 1 N–H and O–H groups in total. The van der Waals surface area contributed by atoms with Gasteiger partial charge in [-0.1, -0.05) is 24.3 Å². The summed E-state index contributed by atoms with van der Waals surface area (Å²) < 4.78 is 10.2. The van der Waals surface area contributed by atoms with Crippen LogP contribution < -0.4 is 10.1 Å². The minimum absolute atomic E-state index is 0.0601. The zero-order valence-corrected chi connectivity index (χ0v) is 15.5. The third-order valence-electron chi connectivity index (χ3n) is 5.57. The van der Waals surface area contributed by atoms with Crippen LogP contribution in [0.1, 0.15) is 39.9 Å². The van der Waals surface area contributed by atoms with Crippen LogP contribution in [0.3, 0.4) is 0 Å². The highest BCUT2D eigenvalue weighted by molar-refractivity contribution is 5.89. The maximum atomic E-state index is 11.7. The van der Waals surface area contributed by atoms with E-state index in [4.69, 9.17) is 9.47 Å². The lowest BCUT2D eigenvalue weighted by Crippen LogP contribution is -2.30. The molecule has 0 aromatic heterocycles. The van der Waals surface area contributed by atoms with Gasteiger partial charge in [0.1, 0.15) is 5.75 Å². The fourth-order valence-electron chi connectivity index (χ4n) is 4.27. The number of hydrogen-bond acceptors (Lipinski definition) is 6. The van der Waals surface area contributed by atoms with Crippen molar-refractivity contribution in [1.29, 1.82) is 0 Å². The normalized spacial score (nSPS) is 22.0. The molecular weight excluding hydrogens is 360 g/mol. The van der Waals surface area contributed by atoms with Crippen LogP contribution in [0.25, 0.3) is 0 Å². The Bertz CT molecular complexity index is 968. The number of allylic oxidation sites excluding steroid dienone is 2. The first kappa shape index (κ1) is 18.0. The van der Waals surface area contributed by atoms with Crippen LogP contribution in [0, 0.1) is 16.0 Å². The second-order valence-corrected chi connectivity index (χ2v) is 6.92. The number of carbonyl (C=O) groups is 1. The number of hydrogen-bond donors (Lipinski definition) is 1. The molecule has 2 aliphatic rings. The van der Waals surface area contributed by atoms with Gasteiger partial charge >= 0.3 is 5.97 Å². The summed E-state index contributed by atoms with van der Waals surface area (Å²) in [5.74, 6) is 0.265. The number of rotatable bonds is 4. The van der Waals surface area contributed by atoms with Gasteiger partial charge in [-0.3, -0.25) is 10.1 Å². The van der Waals surface area contributed by atoms with Gasteiger partial charge in [-0.25, -0.2) is 4.79 Å². The zero-order chi connectivity index (χ0) is 19.8. The highest BCUT2D eigenvalue weighted by atomic mass is 16.6. The van der Waals surface area contributed by atoms with Crippen LogP contribution in [0.4, 0.5) is 11.4 Å². The maximum absolute atomic E-state index is 11.7. The molecule has 0 spiro atoms. The Morgan fingerprint density at radius 2 is 1.93 bits per heavy atom. The SMILES string of the molecule is COC(=O)c1ccc(C2Nc3c(OC)ccc([N+](=O)[O-])c3C3C=CCC32)cc1. The van der Waals surface area contributed by atoms with E-state index in [2.05, 4.69) is 11.4 Å². The molecule has 2 aromatic rings. The number of esters is 1. The summed E-state index contributed by atoms with van der Waals surface area (Å²) in [6, 6.07) is 10.3. The molecule has 3 unspecified atom stereocenters. The number of ether oxygens (including phenoxy) is 2. The summed E-state index contributed by atoms with van der Waals surface area (Å²) >= 11 is 0. The number of fused-ring (bicyclic) bond motifs is 3. The molecule has 4 rings (SSSR count). The Balaban J connectivity index is 1.79. The van der Waals surface area contributed by atoms with E-state index in [1.165, 1.54) is 13.2 Å². The van der Waals surface area contributed by atoms with E-state index in [0.717, 1.165) is 12.0 Å². The van der Waals surface area contributed by atoms with E-state index in [9.17, 15) is 14.9 Å². The molecule has 1 aliphatic carbocycles. The Kier molecular flexibility index (Phi) is 4.50. The summed E-state index contributed by atoms with van der Waals surface area (Å²) in [6.45, 7) is 0. The summed E-state index contributed by atoms with van der Waals surface area (Å²) in [5, 5.41) is 15.1. The predicted molar refractivity (Wildman–Crippen MR) is 104 cm³/mol. The number of nitro benzene ring substituents is 1. The quantitative estimate of drug-likeness (QED) is 0.370. The molecule has 1 aliphatic heterocycles. The minimum atomic E-state index is -0.383. The summed E-state index contributed by atoms with van der Waals surface area (Å²) in [6.07, 6.45) is 4.94. The van der Waals surface area contributed by atoms with Crippen molar-refractivity contribution in [2.75, 3.05) is 19.5 Å². The third-order valence-corrected chi connectivity index (χ3v) is 5.57. The maximum Gasteiger partial charge on any atom is 0.337 e. The zero-order valence-electron chi connectivity index (χ0n) is 15.5. The highest BCUT2D eigenvalue weighted by Crippen LogP contribution is 2.54. The van der Waals surface area contributed by atoms with E-state index in [0.29, 0.717) is 22.6 Å². The van der Waals surface area contributed by atoms with Gasteiger partial charge in [0.15, 0.2) is 0 Å². The minimum Gasteiger partial charge on any atom is -0.495 e. The van der Waals surface area contributed by atoms with E-state index >= 15 is 0 Å². The van der Waals surface area contributed by atoms with Crippen molar-refractivity contribution in [1.82, 2.24) is 0 Å². The van der Waals surface area contributed by atoms with Gasteiger partial charge in [-0.15, -0.1) is 0 Å². The molecule has 0 fully saturated rings. The lowest BCUT2D eigenvalue weighted by molar-refractivity contribution is -0.385. The molecule has 7 heteroatoms. The molecule has 0 bridgehead atoms. The largest absolute Gasteiger partial charge is 0.495 e. The number of nitrogens with zero attached hydrogens (tertiary/aromatic N) is 1. The Labute approximate surface area is 162 Å². The summed E-state index contributed by atoms with van der Waals surface area (Å²) in [7, 11) is 2.91. The van der Waals surface area contributed by atoms with E-state index in [1.54, 1.807) is 25.3 Å². The average molecular weight is 380 g/mol. The van der Waals surface area contributed by atoms with E-state index in [1.807, 2.05) is 18.2 Å². The van der Waals surface area contributed by atoms with Crippen molar-refractivity contribution in [3.05, 3.63) is 75.4 Å². The molecule has 0 amide bonds. The van der Waals surface area contributed by atoms with Crippen molar-refractivity contribution >= 4 is 17.3 Å². The topological polar surface area (TPSA) is 90.7 Å². The Morgan fingerprint density at radius 1 is 1.18 bits per heavy atom. The molecule has 0 saturated carbocycles. The fourth-order valence-corrected chi connectivity index (χ4v) is 4.27. The number of carbonyl (C=O) groups excluding carboxylic acids is 1. The molecule has 28 heavy (non-hydrogen) atoms. The van der Waals surface area contributed by atoms with Gasteiger partial charge in [-0.05, 0) is 36.1 Å². The van der Waals surface area contributed by atoms with Crippen molar-refractivity contribution in [2.24, 2.45) is 5.92 Å². The van der Waals surface area contributed by atoms with Gasteiger partial charge in [0, 0.05) is 12.0 Å². The molecule has 3 atom stereocenters. The monoisotopic (exact) mass is 380 g/mol. The lowest BCUT2D eigenvalue weighted by Gasteiger charge is -2.37. The van der Waals surface area contributed by atoms with Gasteiger partial charge in [0.2, 0.25) is 0 Å². The number of nitro groups is 1. The molecule has 1 heterocycles. The number of anilines is 1. The van der Waals surface area contributed by atoms with Crippen LogP contribution in [0.15, 0.2) is 48.6 Å². The molecule has 144 valence electrons. The van der Waals surface area contributed by atoms with Crippen LogP contribution in [-0.2, 0) is 4.74 Å². The molecule has 0 radical (unpaired) electrons. The predicted octanol–water partition coefficient (Wildman–Crippen LogP) is 4.22. The van der Waals surface area contributed by atoms with Gasteiger partial charge < -0.3 is 14.8 Å². The van der Waals surface area contributed by atoms with Crippen LogP contribution in [0.2, 0.25) is 0 Å². The fraction of sp³-hybridized carbons (Fsp3) is 0.286. The molecular formula is C21H20N2O5. The summed E-state index contributed by atoms with van der Waals surface area (Å²) in [5.41, 5.74) is 2.92. The Morgan fingerprint density at radius 3 is 2.57 bits per heavy atom. The number of methoxy groups -OCH3 is 2. The first-order valence-corrected chi connectivity index (χ1v) is 9.02. The van der Waals surface area contributed by atoms with E-state index < -0.39 is 0 Å². The molecule has 7 nitrogen and oxygen atoms in total. The smallest absolute Gasteiger partial charge is 0.337 e. The van der Waals surface area contributed by atoms with Crippen molar-refractivity contribution in [3.8, 4) is 5.75 Å².